The normalized spacial score (nSPS) is 11.4. The van der Waals surface area contributed by atoms with Crippen LogP contribution in [0.2, 0.25) is 0 Å². The SMILES string of the molecule is CCN(c1cccc(F)c1)S(=O)(=O)c1cc(C(N)=O)n(C)c1. The minimum absolute atomic E-state index is 0.0742. The number of halogens is 1. The van der Waals surface area contributed by atoms with Crippen molar-refractivity contribution in [2.24, 2.45) is 12.8 Å². The summed E-state index contributed by atoms with van der Waals surface area (Å²) in [6.07, 6.45) is 1.30. The van der Waals surface area contributed by atoms with Gasteiger partial charge in [-0.1, -0.05) is 6.07 Å². The third-order valence-electron chi connectivity index (χ3n) is 3.20. The maximum Gasteiger partial charge on any atom is 0.265 e. The van der Waals surface area contributed by atoms with E-state index in [-0.39, 0.29) is 22.8 Å². The van der Waals surface area contributed by atoms with Gasteiger partial charge in [0.1, 0.15) is 16.4 Å². The Labute approximate surface area is 128 Å². The molecule has 6 nitrogen and oxygen atoms in total. The van der Waals surface area contributed by atoms with Crippen LogP contribution in [-0.4, -0.2) is 25.4 Å². The van der Waals surface area contributed by atoms with Crippen molar-refractivity contribution in [1.82, 2.24) is 4.57 Å². The van der Waals surface area contributed by atoms with E-state index in [0.717, 1.165) is 10.4 Å². The molecule has 2 N–H and O–H groups in total. The highest BCUT2D eigenvalue weighted by atomic mass is 32.2. The van der Waals surface area contributed by atoms with Crippen LogP contribution in [0.25, 0.3) is 0 Å². The number of benzene rings is 1. The molecule has 0 bridgehead atoms. The zero-order valence-corrected chi connectivity index (χ0v) is 13.0. The van der Waals surface area contributed by atoms with Crippen LogP contribution in [-0.2, 0) is 17.1 Å². The molecule has 8 heteroatoms. The average molecular weight is 325 g/mol. The van der Waals surface area contributed by atoms with Crippen molar-refractivity contribution in [3.63, 3.8) is 0 Å². The first-order valence-electron chi connectivity index (χ1n) is 6.52. The van der Waals surface area contributed by atoms with Crippen LogP contribution in [0.1, 0.15) is 17.4 Å². The van der Waals surface area contributed by atoms with Crippen LogP contribution < -0.4 is 10.0 Å². The van der Waals surface area contributed by atoms with Gasteiger partial charge in [0, 0.05) is 19.8 Å². The highest BCUT2D eigenvalue weighted by molar-refractivity contribution is 7.92. The van der Waals surface area contributed by atoms with E-state index in [1.54, 1.807) is 6.92 Å². The Kier molecular flexibility index (Phi) is 4.23. The molecule has 1 aromatic heterocycles. The van der Waals surface area contributed by atoms with Crippen molar-refractivity contribution in [3.05, 3.63) is 48.0 Å². The summed E-state index contributed by atoms with van der Waals surface area (Å²) in [4.78, 5) is 11.2. The molecule has 0 aliphatic rings. The Morgan fingerprint density at radius 1 is 1.36 bits per heavy atom. The van der Waals surface area contributed by atoms with Crippen LogP contribution >= 0.6 is 0 Å². The molecule has 1 heterocycles. The molecule has 0 unspecified atom stereocenters. The second-order valence-electron chi connectivity index (χ2n) is 4.69. The number of anilines is 1. The van der Waals surface area contributed by atoms with E-state index in [1.807, 2.05) is 0 Å². The zero-order valence-electron chi connectivity index (χ0n) is 12.2. The molecule has 1 amide bonds. The van der Waals surface area contributed by atoms with Crippen molar-refractivity contribution < 1.29 is 17.6 Å². The third kappa shape index (κ3) is 2.82. The number of nitrogens with two attached hydrogens (primary N) is 1. The van der Waals surface area contributed by atoms with Gasteiger partial charge in [0.15, 0.2) is 0 Å². The number of carbonyl (C=O) groups excluding carboxylic acids is 1. The lowest BCUT2D eigenvalue weighted by atomic mass is 10.3. The fraction of sp³-hybridized carbons (Fsp3) is 0.214. The predicted octanol–water partition coefficient (Wildman–Crippen LogP) is 1.48. The summed E-state index contributed by atoms with van der Waals surface area (Å²) < 4.78 is 41.2. The standard InChI is InChI=1S/C14H16FN3O3S/c1-3-18(11-6-4-5-10(15)7-11)22(20,21)12-8-13(14(16)19)17(2)9-12/h4-9H,3H2,1-2H3,(H2,16,19). The summed E-state index contributed by atoms with van der Waals surface area (Å²) in [6, 6.07) is 6.51. The summed E-state index contributed by atoms with van der Waals surface area (Å²) >= 11 is 0. The number of rotatable bonds is 5. The fourth-order valence-corrected chi connectivity index (χ4v) is 3.71. The van der Waals surface area contributed by atoms with Gasteiger partial charge in [0.25, 0.3) is 15.9 Å². The third-order valence-corrected chi connectivity index (χ3v) is 5.07. The van der Waals surface area contributed by atoms with E-state index < -0.39 is 21.7 Å². The molecule has 0 fully saturated rings. The number of aryl methyl sites for hydroxylation is 1. The first-order chi connectivity index (χ1) is 10.3. The summed E-state index contributed by atoms with van der Waals surface area (Å²) in [5.74, 6) is -1.25. The smallest absolute Gasteiger partial charge is 0.265 e. The van der Waals surface area contributed by atoms with E-state index in [2.05, 4.69) is 0 Å². The second-order valence-corrected chi connectivity index (χ2v) is 6.55. The molecule has 22 heavy (non-hydrogen) atoms. The highest BCUT2D eigenvalue weighted by Crippen LogP contribution is 2.25. The highest BCUT2D eigenvalue weighted by Gasteiger charge is 2.26. The van der Waals surface area contributed by atoms with Crippen LogP contribution in [0.3, 0.4) is 0 Å². The van der Waals surface area contributed by atoms with E-state index in [1.165, 1.54) is 42.1 Å². The van der Waals surface area contributed by atoms with Gasteiger partial charge in [-0.3, -0.25) is 9.10 Å². The first-order valence-corrected chi connectivity index (χ1v) is 7.96. The Bertz CT molecular complexity index is 814. The molecule has 2 rings (SSSR count). The minimum atomic E-state index is -3.92. The number of hydrogen-bond donors (Lipinski definition) is 1. The van der Waals surface area contributed by atoms with Crippen LogP contribution in [0.5, 0.6) is 0 Å². The molecular formula is C14H16FN3O3S. The van der Waals surface area contributed by atoms with E-state index >= 15 is 0 Å². The quantitative estimate of drug-likeness (QED) is 0.903. The molecule has 0 saturated carbocycles. The summed E-state index contributed by atoms with van der Waals surface area (Å²) in [5.41, 5.74) is 5.49. The van der Waals surface area contributed by atoms with Gasteiger partial charge in [0.05, 0.1) is 5.69 Å². The number of carbonyl (C=O) groups is 1. The molecule has 0 aliphatic carbocycles. The summed E-state index contributed by atoms with van der Waals surface area (Å²) in [6.45, 7) is 1.76. The van der Waals surface area contributed by atoms with Crippen molar-refractivity contribution in [2.45, 2.75) is 11.8 Å². The number of primary amides is 1. The number of hydrogen-bond acceptors (Lipinski definition) is 3. The van der Waals surface area contributed by atoms with Crippen molar-refractivity contribution in [2.75, 3.05) is 10.8 Å². The topological polar surface area (TPSA) is 85.4 Å². The number of aromatic nitrogens is 1. The number of nitrogens with zero attached hydrogens (tertiary/aromatic N) is 2. The van der Waals surface area contributed by atoms with Gasteiger partial charge in [-0.15, -0.1) is 0 Å². The summed E-state index contributed by atoms with van der Waals surface area (Å²) in [5, 5.41) is 0. The van der Waals surface area contributed by atoms with Crippen LogP contribution in [0.4, 0.5) is 10.1 Å². The Balaban J connectivity index is 2.52. The second kappa shape index (κ2) is 5.80. The molecule has 2 aromatic rings. The monoisotopic (exact) mass is 325 g/mol. The fourth-order valence-electron chi connectivity index (χ4n) is 2.17. The molecule has 0 aliphatic heterocycles. The van der Waals surface area contributed by atoms with Gasteiger partial charge in [-0.2, -0.15) is 0 Å². The Hall–Kier alpha value is -2.35. The van der Waals surface area contributed by atoms with Crippen molar-refractivity contribution in [1.29, 1.82) is 0 Å². The van der Waals surface area contributed by atoms with Gasteiger partial charge >= 0.3 is 0 Å². The molecule has 0 atom stereocenters. The average Bonchev–Trinajstić information content (AvgIpc) is 2.82. The van der Waals surface area contributed by atoms with E-state index in [4.69, 9.17) is 5.73 Å². The van der Waals surface area contributed by atoms with Gasteiger partial charge in [-0.05, 0) is 31.2 Å². The van der Waals surface area contributed by atoms with Crippen molar-refractivity contribution in [3.8, 4) is 0 Å². The molecule has 0 spiro atoms. The van der Waals surface area contributed by atoms with Gasteiger partial charge in [0.2, 0.25) is 0 Å². The minimum Gasteiger partial charge on any atom is -0.364 e. The molecular weight excluding hydrogens is 309 g/mol. The largest absolute Gasteiger partial charge is 0.364 e. The first kappa shape index (κ1) is 16.0. The molecule has 0 saturated heterocycles. The Morgan fingerprint density at radius 3 is 2.55 bits per heavy atom. The lowest BCUT2D eigenvalue weighted by Crippen LogP contribution is -2.30. The molecule has 0 radical (unpaired) electrons. The maximum absolute atomic E-state index is 13.3. The van der Waals surface area contributed by atoms with E-state index in [0.29, 0.717) is 0 Å². The molecule has 118 valence electrons. The van der Waals surface area contributed by atoms with Gasteiger partial charge in [-0.25, -0.2) is 12.8 Å². The predicted molar refractivity (Wildman–Crippen MR) is 80.5 cm³/mol. The Morgan fingerprint density at radius 2 is 2.05 bits per heavy atom. The lowest BCUT2D eigenvalue weighted by molar-refractivity contribution is 0.0992. The lowest BCUT2D eigenvalue weighted by Gasteiger charge is -2.22. The zero-order chi connectivity index (χ0) is 16.5. The number of amides is 1. The van der Waals surface area contributed by atoms with Crippen molar-refractivity contribution >= 4 is 21.6 Å². The number of sulfonamides is 1. The van der Waals surface area contributed by atoms with Gasteiger partial charge < -0.3 is 10.3 Å². The maximum atomic E-state index is 13.3. The molecule has 1 aromatic carbocycles. The van der Waals surface area contributed by atoms with Crippen LogP contribution in [0.15, 0.2) is 41.4 Å². The van der Waals surface area contributed by atoms with E-state index in [9.17, 15) is 17.6 Å². The summed E-state index contributed by atoms with van der Waals surface area (Å²) in [7, 11) is -2.39. The van der Waals surface area contributed by atoms with Crippen LogP contribution in [0, 0.1) is 5.82 Å².